The number of methoxy groups -OCH3 is 1. The molecular weight excluding hydrogens is 322 g/mol. The topological polar surface area (TPSA) is 97.7 Å². The lowest BCUT2D eigenvalue weighted by atomic mass is 9.67. The minimum Gasteiger partial charge on any atom is -0.468 e. The van der Waals surface area contributed by atoms with Crippen LogP contribution in [0.25, 0.3) is 0 Å². The van der Waals surface area contributed by atoms with Crippen LogP contribution in [0.4, 0.5) is 0 Å². The maximum Gasteiger partial charge on any atom is 0.327 e. The zero-order valence-corrected chi connectivity index (χ0v) is 15.5. The standard InChI is InChI=1S/C18H21N3O2S/c1-11-6-18(2,3)7-13(14(10-21)17(22)23-4)15(11)16(24-5)12(8-19)9-20/h11,14H,6-7H2,1-5H3/t11-,14-/m0/s1. The molecular formula is C18H21N3O2S. The van der Waals surface area contributed by atoms with E-state index in [1.165, 1.54) is 18.9 Å². The monoisotopic (exact) mass is 343 g/mol. The molecule has 2 atom stereocenters. The number of carbonyl (C=O) groups is 1. The molecule has 0 aromatic rings. The van der Waals surface area contributed by atoms with Crippen LogP contribution in [0.15, 0.2) is 21.6 Å². The van der Waals surface area contributed by atoms with Gasteiger partial charge < -0.3 is 4.74 Å². The Labute approximate surface area is 147 Å². The Hall–Kier alpha value is -2.23. The van der Waals surface area contributed by atoms with E-state index >= 15 is 0 Å². The molecule has 0 N–H and O–H groups in total. The van der Waals surface area contributed by atoms with E-state index in [-0.39, 0.29) is 16.9 Å². The number of nitriles is 3. The number of carbonyl (C=O) groups excluding carboxylic acids is 1. The molecule has 1 aliphatic carbocycles. The zero-order chi connectivity index (χ0) is 18.5. The van der Waals surface area contributed by atoms with Crippen LogP contribution in [-0.2, 0) is 9.53 Å². The van der Waals surface area contributed by atoms with E-state index in [2.05, 4.69) is 13.8 Å². The lowest BCUT2D eigenvalue weighted by Crippen LogP contribution is -2.30. The average Bonchev–Trinajstić information content (AvgIpc) is 2.53. The predicted octanol–water partition coefficient (Wildman–Crippen LogP) is 3.72. The van der Waals surface area contributed by atoms with Gasteiger partial charge in [-0.2, -0.15) is 15.8 Å². The molecule has 0 amide bonds. The van der Waals surface area contributed by atoms with Crippen LogP contribution >= 0.6 is 11.8 Å². The number of ether oxygens (including phenoxy) is 1. The molecule has 24 heavy (non-hydrogen) atoms. The van der Waals surface area contributed by atoms with Gasteiger partial charge in [0.1, 0.15) is 17.7 Å². The van der Waals surface area contributed by atoms with Crippen molar-refractivity contribution in [2.75, 3.05) is 13.4 Å². The van der Waals surface area contributed by atoms with Gasteiger partial charge in [-0.1, -0.05) is 20.8 Å². The molecule has 0 heterocycles. The van der Waals surface area contributed by atoms with Crippen molar-refractivity contribution in [3.63, 3.8) is 0 Å². The van der Waals surface area contributed by atoms with E-state index in [0.29, 0.717) is 16.9 Å². The molecule has 0 bridgehead atoms. The second kappa shape index (κ2) is 8.04. The molecule has 0 unspecified atom stereocenters. The summed E-state index contributed by atoms with van der Waals surface area (Å²) in [5.74, 6) is -1.60. The first kappa shape index (κ1) is 19.8. The highest BCUT2D eigenvalue weighted by Crippen LogP contribution is 2.49. The molecule has 0 aromatic carbocycles. The minimum absolute atomic E-state index is 0.0168. The van der Waals surface area contributed by atoms with Crippen molar-refractivity contribution in [3.05, 3.63) is 21.6 Å². The van der Waals surface area contributed by atoms with Gasteiger partial charge in [0.2, 0.25) is 0 Å². The van der Waals surface area contributed by atoms with Crippen LogP contribution < -0.4 is 0 Å². The van der Waals surface area contributed by atoms with Gasteiger partial charge in [0.05, 0.1) is 13.2 Å². The van der Waals surface area contributed by atoms with E-state index in [9.17, 15) is 20.6 Å². The quantitative estimate of drug-likeness (QED) is 0.570. The molecule has 0 fully saturated rings. The Morgan fingerprint density at radius 2 is 1.92 bits per heavy atom. The molecule has 5 nitrogen and oxygen atoms in total. The van der Waals surface area contributed by atoms with Gasteiger partial charge >= 0.3 is 5.97 Å². The molecule has 0 saturated carbocycles. The van der Waals surface area contributed by atoms with Crippen LogP contribution in [0.2, 0.25) is 0 Å². The second-order valence-corrected chi connectivity index (χ2v) is 7.42. The minimum atomic E-state index is -1.02. The molecule has 1 rings (SSSR count). The summed E-state index contributed by atoms with van der Waals surface area (Å²) in [6.45, 7) is 6.18. The average molecular weight is 343 g/mol. The highest BCUT2D eigenvalue weighted by Gasteiger charge is 2.39. The van der Waals surface area contributed by atoms with Crippen molar-refractivity contribution in [1.29, 1.82) is 15.8 Å². The summed E-state index contributed by atoms with van der Waals surface area (Å²) < 4.78 is 4.79. The lowest BCUT2D eigenvalue weighted by Gasteiger charge is -2.39. The van der Waals surface area contributed by atoms with Crippen molar-refractivity contribution in [3.8, 4) is 18.2 Å². The maximum absolute atomic E-state index is 12.1. The fourth-order valence-electron chi connectivity index (χ4n) is 3.42. The highest BCUT2D eigenvalue weighted by molar-refractivity contribution is 8.02. The number of thioether (sulfide) groups is 1. The molecule has 0 saturated heterocycles. The van der Waals surface area contributed by atoms with E-state index in [1.807, 2.05) is 25.1 Å². The highest BCUT2D eigenvalue weighted by atomic mass is 32.2. The summed E-state index contributed by atoms with van der Waals surface area (Å²) in [6.07, 6.45) is 3.19. The van der Waals surface area contributed by atoms with E-state index in [1.54, 1.807) is 6.26 Å². The smallest absolute Gasteiger partial charge is 0.327 e. The Balaban J connectivity index is 3.76. The number of esters is 1. The third-order valence-corrected chi connectivity index (χ3v) is 5.01. The summed E-state index contributed by atoms with van der Waals surface area (Å²) in [7, 11) is 1.26. The van der Waals surface area contributed by atoms with Crippen LogP contribution in [0.3, 0.4) is 0 Å². The third kappa shape index (κ3) is 3.99. The second-order valence-electron chi connectivity index (χ2n) is 6.60. The van der Waals surface area contributed by atoms with Gasteiger partial charge in [-0.3, -0.25) is 4.79 Å². The van der Waals surface area contributed by atoms with Gasteiger partial charge in [-0.05, 0) is 41.6 Å². The molecule has 126 valence electrons. The Morgan fingerprint density at radius 1 is 1.33 bits per heavy atom. The fourth-order valence-corrected chi connectivity index (χ4v) is 4.27. The number of allylic oxidation sites excluding steroid dienone is 2. The van der Waals surface area contributed by atoms with Gasteiger partial charge in [0, 0.05) is 4.91 Å². The van der Waals surface area contributed by atoms with Gasteiger partial charge in [0.15, 0.2) is 5.92 Å². The third-order valence-electron chi connectivity index (χ3n) is 4.18. The summed E-state index contributed by atoms with van der Waals surface area (Å²) in [4.78, 5) is 12.7. The Kier molecular flexibility index (Phi) is 6.64. The van der Waals surface area contributed by atoms with Crippen molar-refractivity contribution in [2.45, 2.75) is 33.6 Å². The summed E-state index contributed by atoms with van der Waals surface area (Å²) >= 11 is 1.30. The number of nitrogens with zero attached hydrogens (tertiary/aromatic N) is 3. The van der Waals surface area contributed by atoms with Gasteiger partial charge in [-0.15, -0.1) is 11.8 Å². The predicted molar refractivity (Wildman–Crippen MR) is 92.1 cm³/mol. The molecule has 6 heteroatoms. The van der Waals surface area contributed by atoms with Crippen molar-refractivity contribution in [2.24, 2.45) is 17.3 Å². The first-order valence-corrected chi connectivity index (χ1v) is 8.78. The molecule has 1 aliphatic rings. The van der Waals surface area contributed by atoms with Crippen LogP contribution in [0, 0.1) is 51.2 Å². The SMILES string of the molecule is COC(=O)[C@@H](C#N)C1=C(C(SC)=C(C#N)C#N)[C@@H](C)CC(C)(C)C1. The lowest BCUT2D eigenvalue weighted by molar-refractivity contribution is -0.142. The fraction of sp³-hybridized carbons (Fsp3) is 0.556. The number of hydrogen-bond donors (Lipinski definition) is 0. The molecule has 0 aliphatic heterocycles. The van der Waals surface area contributed by atoms with Gasteiger partial charge in [0.25, 0.3) is 0 Å². The first-order valence-electron chi connectivity index (χ1n) is 7.55. The molecule has 0 radical (unpaired) electrons. The molecule has 0 spiro atoms. The van der Waals surface area contributed by atoms with E-state index in [0.717, 1.165) is 12.0 Å². The Morgan fingerprint density at radius 3 is 2.33 bits per heavy atom. The molecule has 0 aromatic heterocycles. The summed E-state index contributed by atoms with van der Waals surface area (Å²) in [5.41, 5.74) is 1.38. The van der Waals surface area contributed by atoms with Gasteiger partial charge in [-0.25, -0.2) is 0 Å². The van der Waals surface area contributed by atoms with E-state index < -0.39 is 11.9 Å². The van der Waals surface area contributed by atoms with Crippen molar-refractivity contribution >= 4 is 17.7 Å². The number of hydrogen-bond acceptors (Lipinski definition) is 6. The van der Waals surface area contributed by atoms with Crippen LogP contribution in [0.5, 0.6) is 0 Å². The van der Waals surface area contributed by atoms with Crippen molar-refractivity contribution < 1.29 is 9.53 Å². The van der Waals surface area contributed by atoms with Crippen molar-refractivity contribution in [1.82, 2.24) is 0 Å². The zero-order valence-electron chi connectivity index (χ0n) is 14.6. The first-order chi connectivity index (χ1) is 11.3. The summed E-state index contributed by atoms with van der Waals surface area (Å²) in [6, 6.07) is 5.89. The van der Waals surface area contributed by atoms with E-state index in [4.69, 9.17) is 4.74 Å². The largest absolute Gasteiger partial charge is 0.468 e. The van der Waals surface area contributed by atoms with Crippen LogP contribution in [-0.4, -0.2) is 19.3 Å². The maximum atomic E-state index is 12.1. The normalized spacial score (nSPS) is 20.2. The summed E-state index contributed by atoms with van der Waals surface area (Å²) in [5, 5.41) is 28.0. The van der Waals surface area contributed by atoms with Crippen LogP contribution in [0.1, 0.15) is 33.6 Å². The number of rotatable bonds is 4. The Bertz CT molecular complexity index is 698.